The number of nitrogens with zero attached hydrogens (tertiary/aromatic N) is 2. The largest absolute Gasteiger partial charge is 0.508 e. The number of halogens is 1. The van der Waals surface area contributed by atoms with E-state index in [9.17, 15) is 14.6 Å². The summed E-state index contributed by atoms with van der Waals surface area (Å²) in [5.74, 6) is 0.0112. The number of likely N-dealkylation sites (tertiary alicyclic amines) is 1. The van der Waals surface area contributed by atoms with Gasteiger partial charge in [0.25, 0.3) is 0 Å². The van der Waals surface area contributed by atoms with Crippen LogP contribution < -0.4 is 4.74 Å². The van der Waals surface area contributed by atoms with Crippen molar-refractivity contribution in [2.24, 2.45) is 0 Å². The Hall–Kier alpha value is -3.51. The van der Waals surface area contributed by atoms with Crippen LogP contribution in [0, 0.1) is 12.7 Å². The Kier molecular flexibility index (Phi) is 7.14. The number of hydrogen-bond donors (Lipinski definition) is 2. The van der Waals surface area contributed by atoms with Crippen molar-refractivity contribution in [3.05, 3.63) is 77.6 Å². The van der Waals surface area contributed by atoms with Gasteiger partial charge in [-0.05, 0) is 92.5 Å². The number of rotatable bonds is 7. The molecule has 36 heavy (non-hydrogen) atoms. The van der Waals surface area contributed by atoms with Crippen molar-refractivity contribution in [1.82, 2.24) is 9.47 Å². The SMILES string of the molecule is Cc1c(-c2ccc(O)c(F)c2)n(Cc2ccc(OCCN3CCCCCC3)cc2)c2ccc(O)cc12. The van der Waals surface area contributed by atoms with Gasteiger partial charge in [0.15, 0.2) is 11.6 Å². The first-order chi connectivity index (χ1) is 17.5. The molecule has 0 spiro atoms. The van der Waals surface area contributed by atoms with Crippen LogP contribution in [0.3, 0.4) is 0 Å². The highest BCUT2D eigenvalue weighted by Gasteiger charge is 2.18. The van der Waals surface area contributed by atoms with E-state index in [0.717, 1.165) is 53.1 Å². The van der Waals surface area contributed by atoms with E-state index < -0.39 is 5.82 Å². The maximum atomic E-state index is 14.2. The molecule has 1 aromatic heterocycles. The van der Waals surface area contributed by atoms with Crippen molar-refractivity contribution >= 4 is 10.9 Å². The van der Waals surface area contributed by atoms with Crippen LogP contribution >= 0.6 is 0 Å². The molecule has 1 fully saturated rings. The number of phenolic OH excluding ortho intramolecular Hbond substituents is 2. The standard InChI is InChI=1S/C30H33FN2O3/c1-21-26-19-24(34)9-12-28(26)33(30(21)23-8-13-29(35)27(31)18-23)20-22-6-10-25(11-7-22)36-17-16-32-14-4-2-3-5-15-32/h6-13,18-19,34-35H,2-5,14-17,20H2,1H3. The molecule has 2 N–H and O–H groups in total. The molecule has 0 aliphatic carbocycles. The molecule has 1 aliphatic rings. The van der Waals surface area contributed by atoms with Gasteiger partial charge in [0, 0.05) is 29.6 Å². The average molecular weight is 489 g/mol. The van der Waals surface area contributed by atoms with Crippen LogP contribution in [0.2, 0.25) is 0 Å². The predicted molar refractivity (Wildman–Crippen MR) is 141 cm³/mol. The molecule has 0 unspecified atom stereocenters. The third-order valence-electron chi connectivity index (χ3n) is 7.16. The Morgan fingerprint density at radius 2 is 1.64 bits per heavy atom. The topological polar surface area (TPSA) is 57.9 Å². The molecular weight excluding hydrogens is 455 g/mol. The third kappa shape index (κ3) is 5.19. The van der Waals surface area contributed by atoms with Gasteiger partial charge in [-0.3, -0.25) is 4.90 Å². The van der Waals surface area contributed by atoms with E-state index in [0.29, 0.717) is 18.7 Å². The van der Waals surface area contributed by atoms with Crippen molar-refractivity contribution < 1.29 is 19.3 Å². The summed E-state index contributed by atoms with van der Waals surface area (Å²) in [6, 6.07) is 17.9. The molecule has 1 saturated heterocycles. The maximum absolute atomic E-state index is 14.2. The van der Waals surface area contributed by atoms with Gasteiger partial charge in [0.1, 0.15) is 18.1 Å². The summed E-state index contributed by atoms with van der Waals surface area (Å²) in [5.41, 5.74) is 4.51. The minimum atomic E-state index is -0.659. The fourth-order valence-electron chi connectivity index (χ4n) is 5.23. The molecule has 0 saturated carbocycles. The number of fused-ring (bicyclic) bond motifs is 1. The molecule has 6 heteroatoms. The summed E-state index contributed by atoms with van der Waals surface area (Å²) >= 11 is 0. The Balaban J connectivity index is 1.37. The Morgan fingerprint density at radius 1 is 0.889 bits per heavy atom. The lowest BCUT2D eigenvalue weighted by Crippen LogP contribution is -2.29. The lowest BCUT2D eigenvalue weighted by Gasteiger charge is -2.19. The van der Waals surface area contributed by atoms with Crippen LogP contribution in [0.5, 0.6) is 17.2 Å². The Bertz CT molecular complexity index is 1340. The highest BCUT2D eigenvalue weighted by atomic mass is 19.1. The molecular formula is C30H33FN2O3. The summed E-state index contributed by atoms with van der Waals surface area (Å²) in [6.45, 7) is 6.51. The molecule has 0 radical (unpaired) electrons. The van der Waals surface area contributed by atoms with Crippen LogP contribution in [-0.4, -0.2) is 45.9 Å². The summed E-state index contributed by atoms with van der Waals surface area (Å²) in [6.07, 6.45) is 5.22. The van der Waals surface area contributed by atoms with E-state index in [1.54, 1.807) is 18.2 Å². The molecule has 0 amide bonds. The van der Waals surface area contributed by atoms with Crippen LogP contribution in [0.1, 0.15) is 36.8 Å². The molecule has 5 nitrogen and oxygen atoms in total. The molecule has 1 aliphatic heterocycles. The zero-order chi connectivity index (χ0) is 25.1. The minimum Gasteiger partial charge on any atom is -0.508 e. The molecule has 2 heterocycles. The number of benzene rings is 3. The quantitative estimate of drug-likeness (QED) is 0.313. The smallest absolute Gasteiger partial charge is 0.165 e. The van der Waals surface area contributed by atoms with E-state index in [-0.39, 0.29) is 11.5 Å². The summed E-state index contributed by atoms with van der Waals surface area (Å²) in [7, 11) is 0. The normalized spacial score (nSPS) is 14.7. The number of aromatic hydroxyl groups is 2. The van der Waals surface area contributed by atoms with Crippen molar-refractivity contribution in [1.29, 1.82) is 0 Å². The lowest BCUT2D eigenvalue weighted by molar-refractivity contribution is 0.214. The Labute approximate surface area is 211 Å². The van der Waals surface area contributed by atoms with E-state index in [1.165, 1.54) is 37.8 Å². The monoisotopic (exact) mass is 488 g/mol. The fourth-order valence-corrected chi connectivity index (χ4v) is 5.23. The molecule has 0 atom stereocenters. The van der Waals surface area contributed by atoms with Gasteiger partial charge in [0.05, 0.1) is 5.69 Å². The minimum absolute atomic E-state index is 0.188. The maximum Gasteiger partial charge on any atom is 0.165 e. The van der Waals surface area contributed by atoms with E-state index in [2.05, 4.69) is 21.6 Å². The van der Waals surface area contributed by atoms with Crippen LogP contribution in [-0.2, 0) is 6.54 Å². The highest BCUT2D eigenvalue weighted by Crippen LogP contribution is 2.37. The van der Waals surface area contributed by atoms with Crippen molar-refractivity contribution in [2.45, 2.75) is 39.2 Å². The highest BCUT2D eigenvalue weighted by molar-refractivity contribution is 5.92. The van der Waals surface area contributed by atoms with Crippen LogP contribution in [0.15, 0.2) is 60.7 Å². The number of aryl methyl sites for hydroxylation is 1. The summed E-state index contributed by atoms with van der Waals surface area (Å²) < 4.78 is 22.4. The van der Waals surface area contributed by atoms with Gasteiger partial charge < -0.3 is 19.5 Å². The number of hydrogen-bond acceptors (Lipinski definition) is 4. The number of phenols is 2. The second kappa shape index (κ2) is 10.6. The molecule has 5 rings (SSSR count). The fraction of sp³-hybridized carbons (Fsp3) is 0.333. The summed E-state index contributed by atoms with van der Waals surface area (Å²) in [4.78, 5) is 2.49. The van der Waals surface area contributed by atoms with Crippen molar-refractivity contribution in [3.8, 4) is 28.5 Å². The first kappa shape index (κ1) is 24.2. The average Bonchev–Trinajstić information content (AvgIpc) is 3.02. The van der Waals surface area contributed by atoms with Crippen LogP contribution in [0.25, 0.3) is 22.2 Å². The third-order valence-corrected chi connectivity index (χ3v) is 7.16. The zero-order valence-corrected chi connectivity index (χ0v) is 20.7. The molecule has 0 bridgehead atoms. The molecule has 3 aromatic carbocycles. The first-order valence-electron chi connectivity index (χ1n) is 12.7. The van der Waals surface area contributed by atoms with E-state index >= 15 is 0 Å². The lowest BCUT2D eigenvalue weighted by atomic mass is 10.1. The van der Waals surface area contributed by atoms with Crippen molar-refractivity contribution in [3.63, 3.8) is 0 Å². The van der Waals surface area contributed by atoms with Gasteiger partial charge in [0.2, 0.25) is 0 Å². The van der Waals surface area contributed by atoms with E-state index in [4.69, 9.17) is 4.74 Å². The predicted octanol–water partition coefficient (Wildman–Crippen LogP) is 6.47. The number of ether oxygens (including phenoxy) is 1. The first-order valence-corrected chi connectivity index (χ1v) is 12.7. The van der Waals surface area contributed by atoms with Gasteiger partial charge in [-0.25, -0.2) is 4.39 Å². The zero-order valence-electron chi connectivity index (χ0n) is 20.7. The van der Waals surface area contributed by atoms with Gasteiger partial charge in [-0.1, -0.05) is 25.0 Å². The Morgan fingerprint density at radius 3 is 2.36 bits per heavy atom. The summed E-state index contributed by atoms with van der Waals surface area (Å²) in [5, 5.41) is 20.7. The second-order valence-corrected chi connectivity index (χ2v) is 9.68. The second-order valence-electron chi connectivity index (χ2n) is 9.68. The van der Waals surface area contributed by atoms with Gasteiger partial charge in [-0.15, -0.1) is 0 Å². The van der Waals surface area contributed by atoms with Gasteiger partial charge in [-0.2, -0.15) is 0 Å². The van der Waals surface area contributed by atoms with E-state index in [1.807, 2.05) is 25.1 Å². The molecule has 4 aromatic rings. The molecule has 188 valence electrons. The van der Waals surface area contributed by atoms with Gasteiger partial charge >= 0.3 is 0 Å². The van der Waals surface area contributed by atoms with Crippen LogP contribution in [0.4, 0.5) is 4.39 Å². The number of aromatic nitrogens is 1. The van der Waals surface area contributed by atoms with Crippen molar-refractivity contribution in [2.75, 3.05) is 26.2 Å².